The Kier molecular flexibility index (Phi) is 6.29. The lowest BCUT2D eigenvalue weighted by molar-refractivity contribution is -0.384. The van der Waals surface area contributed by atoms with Crippen LogP contribution in [0.15, 0.2) is 84.9 Å². The number of carbonyl (C=O) groups is 2. The molecule has 0 unspecified atom stereocenters. The molecule has 0 saturated carbocycles. The van der Waals surface area contributed by atoms with E-state index in [-0.39, 0.29) is 30.2 Å². The smallest absolute Gasteiger partial charge is 0.269 e. The predicted molar refractivity (Wildman–Crippen MR) is 141 cm³/mol. The zero-order valence-corrected chi connectivity index (χ0v) is 20.0. The highest BCUT2D eigenvalue weighted by Gasteiger charge is 2.35. The van der Waals surface area contributed by atoms with Crippen LogP contribution in [-0.2, 0) is 11.3 Å². The van der Waals surface area contributed by atoms with Crippen molar-refractivity contribution in [3.63, 3.8) is 0 Å². The second kappa shape index (κ2) is 9.71. The van der Waals surface area contributed by atoms with Gasteiger partial charge in [-0.1, -0.05) is 42.5 Å². The molecule has 0 bridgehead atoms. The number of non-ortho nitro benzene ring substituents is 1. The predicted octanol–water partition coefficient (Wildman–Crippen LogP) is 4.28. The fraction of sp³-hybridized carbons (Fsp3) is 0.143. The second-order valence-electron chi connectivity index (χ2n) is 8.71. The van der Waals surface area contributed by atoms with E-state index >= 15 is 0 Å². The van der Waals surface area contributed by atoms with E-state index < -0.39 is 16.9 Å². The highest BCUT2D eigenvalue weighted by atomic mass is 16.6. The first-order valence-corrected chi connectivity index (χ1v) is 11.7. The van der Waals surface area contributed by atoms with Gasteiger partial charge in [0.15, 0.2) is 0 Å². The van der Waals surface area contributed by atoms with Gasteiger partial charge in [-0.15, -0.1) is 0 Å². The van der Waals surface area contributed by atoms with E-state index in [1.807, 2.05) is 36.4 Å². The lowest BCUT2D eigenvalue weighted by Crippen LogP contribution is -2.48. The van der Waals surface area contributed by atoms with Crippen molar-refractivity contribution in [2.75, 3.05) is 23.5 Å². The van der Waals surface area contributed by atoms with Gasteiger partial charge in [0.2, 0.25) is 5.91 Å². The third kappa shape index (κ3) is 4.36. The number of hydrogen-bond acceptors (Lipinski definition) is 6. The standard InChI is InChI=1S/C28H24N4O5/c1-37-26-15-12-18-6-2-3-7-21(18)22(26)16-30-24-8-4-5-9-25(24)31(17-23(29)28(30)34)27(33)19-10-13-20(14-11-19)32(35)36/h2-15,23H,16-17,29H2,1H3/t23-/m0/s1. The molecule has 4 aromatic rings. The van der Waals surface area contributed by atoms with Gasteiger partial charge >= 0.3 is 0 Å². The Bertz CT molecular complexity index is 1520. The SMILES string of the molecule is COc1ccc2ccccc2c1CN1C(=O)[C@@H](N)CN(C(=O)c2ccc([N+](=O)[O-])cc2)c2ccccc21. The van der Waals surface area contributed by atoms with Crippen LogP contribution in [0.4, 0.5) is 17.1 Å². The Labute approximate surface area is 212 Å². The fourth-order valence-electron chi connectivity index (χ4n) is 4.68. The summed E-state index contributed by atoms with van der Waals surface area (Å²) in [5.41, 5.74) is 8.37. The zero-order chi connectivity index (χ0) is 26.1. The monoisotopic (exact) mass is 496 g/mol. The van der Waals surface area contributed by atoms with Crippen molar-refractivity contribution >= 4 is 39.6 Å². The van der Waals surface area contributed by atoms with Crippen molar-refractivity contribution < 1.29 is 19.2 Å². The van der Waals surface area contributed by atoms with Gasteiger partial charge in [0, 0.05) is 23.3 Å². The third-order valence-electron chi connectivity index (χ3n) is 6.53. The number of nitrogens with two attached hydrogens (primary N) is 1. The summed E-state index contributed by atoms with van der Waals surface area (Å²) < 4.78 is 5.64. The molecule has 0 aliphatic carbocycles. The fourth-order valence-corrected chi connectivity index (χ4v) is 4.68. The molecule has 2 N–H and O–H groups in total. The minimum absolute atomic E-state index is 0.0468. The van der Waals surface area contributed by atoms with Gasteiger partial charge in [0.05, 0.1) is 36.5 Å². The summed E-state index contributed by atoms with van der Waals surface area (Å²) in [5, 5.41) is 13.0. The molecule has 1 aliphatic heterocycles. The number of fused-ring (bicyclic) bond motifs is 2. The van der Waals surface area contributed by atoms with Gasteiger partial charge in [-0.3, -0.25) is 19.7 Å². The van der Waals surface area contributed by atoms with Crippen LogP contribution in [0.3, 0.4) is 0 Å². The second-order valence-corrected chi connectivity index (χ2v) is 8.71. The van der Waals surface area contributed by atoms with Crippen molar-refractivity contribution in [1.82, 2.24) is 0 Å². The molecule has 2 amide bonds. The maximum absolute atomic E-state index is 13.6. The number of anilines is 2. The summed E-state index contributed by atoms with van der Waals surface area (Å²) in [7, 11) is 1.59. The van der Waals surface area contributed by atoms with Gasteiger partial charge in [0.1, 0.15) is 11.8 Å². The number of para-hydroxylation sites is 2. The summed E-state index contributed by atoms with van der Waals surface area (Å²) in [4.78, 5) is 40.7. The zero-order valence-electron chi connectivity index (χ0n) is 20.0. The number of nitro groups is 1. The topological polar surface area (TPSA) is 119 Å². The quantitative estimate of drug-likeness (QED) is 0.325. The summed E-state index contributed by atoms with van der Waals surface area (Å²) in [5.74, 6) is -0.0998. The van der Waals surface area contributed by atoms with Crippen LogP contribution >= 0.6 is 0 Å². The van der Waals surface area contributed by atoms with E-state index in [0.717, 1.165) is 16.3 Å². The Morgan fingerprint density at radius 1 is 1.00 bits per heavy atom. The molecule has 0 aromatic heterocycles. The number of amides is 2. The number of benzene rings is 4. The first-order valence-electron chi connectivity index (χ1n) is 11.7. The van der Waals surface area contributed by atoms with Gasteiger partial charge in [-0.2, -0.15) is 0 Å². The minimum Gasteiger partial charge on any atom is -0.496 e. The van der Waals surface area contributed by atoms with E-state index in [0.29, 0.717) is 17.1 Å². The average molecular weight is 497 g/mol. The van der Waals surface area contributed by atoms with E-state index in [9.17, 15) is 19.7 Å². The molecule has 0 spiro atoms. The summed E-state index contributed by atoms with van der Waals surface area (Å²) in [6.45, 7) is 0.141. The Hall–Kier alpha value is -4.76. The van der Waals surface area contributed by atoms with Crippen molar-refractivity contribution in [1.29, 1.82) is 0 Å². The van der Waals surface area contributed by atoms with Crippen molar-refractivity contribution in [3.8, 4) is 5.75 Å². The molecule has 4 aromatic carbocycles. The van der Waals surface area contributed by atoms with Gasteiger partial charge in [-0.05, 0) is 41.1 Å². The van der Waals surface area contributed by atoms with E-state index in [2.05, 4.69) is 0 Å². The summed E-state index contributed by atoms with van der Waals surface area (Å²) in [6.07, 6.45) is 0. The number of nitro benzene ring substituents is 1. The molecule has 0 fully saturated rings. The Balaban J connectivity index is 1.59. The highest BCUT2D eigenvalue weighted by Crippen LogP contribution is 2.37. The first kappa shape index (κ1) is 24.0. The van der Waals surface area contributed by atoms with Crippen LogP contribution < -0.4 is 20.3 Å². The van der Waals surface area contributed by atoms with Gasteiger partial charge in [-0.25, -0.2) is 0 Å². The van der Waals surface area contributed by atoms with E-state index in [1.54, 1.807) is 36.3 Å². The maximum atomic E-state index is 13.6. The lowest BCUT2D eigenvalue weighted by Gasteiger charge is -2.26. The average Bonchev–Trinajstić information content (AvgIpc) is 3.03. The molecule has 1 heterocycles. The van der Waals surface area contributed by atoms with Crippen LogP contribution in [0.1, 0.15) is 15.9 Å². The molecule has 37 heavy (non-hydrogen) atoms. The van der Waals surface area contributed by atoms with E-state index in [1.165, 1.54) is 29.2 Å². The number of carbonyl (C=O) groups excluding carboxylic acids is 2. The lowest BCUT2D eigenvalue weighted by atomic mass is 10.0. The summed E-state index contributed by atoms with van der Waals surface area (Å²) >= 11 is 0. The van der Waals surface area contributed by atoms with Crippen molar-refractivity contribution in [3.05, 3.63) is 106 Å². The number of nitrogens with zero attached hydrogens (tertiary/aromatic N) is 3. The van der Waals surface area contributed by atoms with Crippen LogP contribution in [0.25, 0.3) is 10.8 Å². The molecule has 9 heteroatoms. The van der Waals surface area contributed by atoms with Gasteiger partial charge in [0.25, 0.3) is 11.6 Å². The first-order chi connectivity index (χ1) is 17.9. The molecule has 1 aliphatic rings. The number of methoxy groups -OCH3 is 1. The number of ether oxygens (including phenoxy) is 1. The molecular formula is C28H24N4O5. The molecule has 186 valence electrons. The van der Waals surface area contributed by atoms with Gasteiger partial charge < -0.3 is 20.3 Å². The van der Waals surface area contributed by atoms with Crippen LogP contribution in [-0.4, -0.2) is 36.4 Å². The van der Waals surface area contributed by atoms with E-state index in [4.69, 9.17) is 10.5 Å². The summed E-state index contributed by atoms with van der Waals surface area (Å²) in [6, 6.07) is 23.2. The Morgan fingerprint density at radius 2 is 1.68 bits per heavy atom. The van der Waals surface area contributed by atoms with Crippen molar-refractivity contribution in [2.24, 2.45) is 5.73 Å². The number of rotatable bonds is 5. The van der Waals surface area contributed by atoms with Crippen molar-refractivity contribution in [2.45, 2.75) is 12.6 Å². The Morgan fingerprint density at radius 3 is 2.38 bits per heavy atom. The molecule has 5 rings (SSSR count). The molecule has 9 nitrogen and oxygen atoms in total. The molecule has 1 atom stereocenters. The molecule has 0 saturated heterocycles. The maximum Gasteiger partial charge on any atom is 0.269 e. The number of hydrogen-bond donors (Lipinski definition) is 1. The van der Waals surface area contributed by atoms with Crippen LogP contribution in [0.5, 0.6) is 5.75 Å². The third-order valence-corrected chi connectivity index (χ3v) is 6.53. The highest BCUT2D eigenvalue weighted by molar-refractivity contribution is 6.12. The normalized spacial score (nSPS) is 15.3. The molecule has 0 radical (unpaired) electrons. The molecular weight excluding hydrogens is 472 g/mol. The largest absolute Gasteiger partial charge is 0.496 e. The minimum atomic E-state index is -0.990. The van der Waals surface area contributed by atoms with Crippen LogP contribution in [0.2, 0.25) is 0 Å². The van der Waals surface area contributed by atoms with Crippen LogP contribution in [0, 0.1) is 10.1 Å².